The highest BCUT2D eigenvalue weighted by atomic mass is 32.1. The van der Waals surface area contributed by atoms with E-state index in [0.29, 0.717) is 6.04 Å². The molecule has 1 aromatic rings. The van der Waals surface area contributed by atoms with Gasteiger partial charge < -0.3 is 5.32 Å². The van der Waals surface area contributed by atoms with Crippen LogP contribution in [-0.4, -0.2) is 11.5 Å². The molecular weight excluding hydrogens is 144 g/mol. The van der Waals surface area contributed by atoms with Gasteiger partial charge in [-0.15, -0.1) is 11.3 Å². The fourth-order valence-corrected chi connectivity index (χ4v) is 1.93. The van der Waals surface area contributed by atoms with E-state index in [2.05, 4.69) is 15.7 Å². The van der Waals surface area contributed by atoms with Gasteiger partial charge in [-0.05, 0) is 19.4 Å². The largest absolute Gasteiger partial charge is 0.308 e. The molecule has 0 spiro atoms. The fourth-order valence-electron chi connectivity index (χ4n) is 1.26. The molecular formula is C7H9N2S. The third kappa shape index (κ3) is 1.07. The average Bonchev–Trinajstić information content (AvgIpc) is 2.59. The highest BCUT2D eigenvalue weighted by Crippen LogP contribution is 2.23. The van der Waals surface area contributed by atoms with Crippen LogP contribution < -0.4 is 5.32 Å². The minimum absolute atomic E-state index is 0.524. The van der Waals surface area contributed by atoms with Crippen LogP contribution >= 0.6 is 11.3 Å². The van der Waals surface area contributed by atoms with Crippen molar-refractivity contribution in [2.75, 3.05) is 6.54 Å². The molecule has 1 fully saturated rings. The Hall–Kier alpha value is -0.410. The number of hydrogen-bond acceptors (Lipinski definition) is 3. The molecule has 1 saturated heterocycles. The molecule has 1 aliphatic heterocycles. The molecule has 0 amide bonds. The zero-order valence-electron chi connectivity index (χ0n) is 5.63. The first-order chi connectivity index (χ1) is 4.97. The van der Waals surface area contributed by atoms with Crippen molar-refractivity contribution in [3.63, 3.8) is 0 Å². The van der Waals surface area contributed by atoms with Crippen LogP contribution in [0.4, 0.5) is 0 Å². The lowest BCUT2D eigenvalue weighted by Gasteiger charge is -2.03. The Bertz CT molecular complexity index is 189. The summed E-state index contributed by atoms with van der Waals surface area (Å²) in [6.45, 7) is 1.14. The molecule has 3 heteroatoms. The van der Waals surface area contributed by atoms with Gasteiger partial charge in [0.2, 0.25) is 0 Å². The van der Waals surface area contributed by atoms with E-state index < -0.39 is 0 Å². The van der Waals surface area contributed by atoms with Gasteiger partial charge in [-0.1, -0.05) is 0 Å². The molecule has 53 valence electrons. The molecule has 1 radical (unpaired) electrons. The van der Waals surface area contributed by atoms with Crippen molar-refractivity contribution in [3.8, 4) is 0 Å². The summed E-state index contributed by atoms with van der Waals surface area (Å²) in [5, 5.41) is 7.58. The molecule has 0 bridgehead atoms. The predicted octanol–water partition coefficient (Wildman–Crippen LogP) is 1.37. The number of hydrogen-bond donors (Lipinski definition) is 1. The van der Waals surface area contributed by atoms with Crippen molar-refractivity contribution in [1.82, 2.24) is 10.3 Å². The van der Waals surface area contributed by atoms with Crippen molar-refractivity contribution < 1.29 is 0 Å². The Morgan fingerprint density at radius 1 is 1.80 bits per heavy atom. The summed E-state index contributed by atoms with van der Waals surface area (Å²) in [6, 6.07) is 0.524. The van der Waals surface area contributed by atoms with Crippen molar-refractivity contribution in [2.24, 2.45) is 0 Å². The zero-order valence-corrected chi connectivity index (χ0v) is 6.45. The van der Waals surface area contributed by atoms with Gasteiger partial charge in [-0.25, -0.2) is 4.98 Å². The predicted molar refractivity (Wildman–Crippen MR) is 40.9 cm³/mol. The SMILES string of the molecule is [c]1cnc(C2CCCN2)s1. The molecule has 0 aromatic carbocycles. The molecule has 1 atom stereocenters. The van der Waals surface area contributed by atoms with Crippen molar-refractivity contribution >= 4 is 11.3 Å². The van der Waals surface area contributed by atoms with E-state index in [9.17, 15) is 0 Å². The minimum Gasteiger partial charge on any atom is -0.308 e. The van der Waals surface area contributed by atoms with E-state index in [1.54, 1.807) is 17.5 Å². The Kier molecular flexibility index (Phi) is 1.69. The maximum absolute atomic E-state index is 4.20. The topological polar surface area (TPSA) is 24.9 Å². The van der Waals surface area contributed by atoms with Gasteiger partial charge in [-0.2, -0.15) is 0 Å². The third-order valence-corrected chi connectivity index (χ3v) is 2.59. The van der Waals surface area contributed by atoms with Gasteiger partial charge in [0, 0.05) is 6.20 Å². The first-order valence-corrected chi connectivity index (χ1v) is 4.33. The molecule has 2 rings (SSSR count). The first-order valence-electron chi connectivity index (χ1n) is 3.52. The van der Waals surface area contributed by atoms with E-state index >= 15 is 0 Å². The second kappa shape index (κ2) is 2.68. The van der Waals surface area contributed by atoms with Crippen molar-refractivity contribution in [1.29, 1.82) is 0 Å². The number of thiazole rings is 1. The van der Waals surface area contributed by atoms with Gasteiger partial charge in [0.25, 0.3) is 0 Å². The number of nitrogens with zero attached hydrogens (tertiary/aromatic N) is 1. The van der Waals surface area contributed by atoms with E-state index in [-0.39, 0.29) is 0 Å². The van der Waals surface area contributed by atoms with E-state index in [1.165, 1.54) is 17.8 Å². The Morgan fingerprint density at radius 2 is 2.80 bits per heavy atom. The van der Waals surface area contributed by atoms with E-state index in [0.717, 1.165) is 6.54 Å². The smallest absolute Gasteiger partial charge is 0.110 e. The summed E-state index contributed by atoms with van der Waals surface area (Å²) in [5.41, 5.74) is 0. The van der Waals surface area contributed by atoms with Gasteiger partial charge in [-0.3, -0.25) is 0 Å². The number of rotatable bonds is 1. The molecule has 1 N–H and O–H groups in total. The Labute approximate surface area is 64.3 Å². The molecule has 1 aromatic heterocycles. The highest BCUT2D eigenvalue weighted by molar-refractivity contribution is 7.09. The highest BCUT2D eigenvalue weighted by Gasteiger charge is 2.17. The summed E-state index contributed by atoms with van der Waals surface area (Å²) in [5.74, 6) is 0. The van der Waals surface area contributed by atoms with E-state index in [1.807, 2.05) is 0 Å². The maximum Gasteiger partial charge on any atom is 0.110 e. The molecule has 10 heavy (non-hydrogen) atoms. The summed E-state index contributed by atoms with van der Waals surface area (Å²) in [6.07, 6.45) is 4.27. The molecule has 2 heterocycles. The van der Waals surface area contributed by atoms with Gasteiger partial charge in [0.05, 0.1) is 11.4 Å². The zero-order chi connectivity index (χ0) is 6.81. The molecule has 0 saturated carbocycles. The first kappa shape index (κ1) is 6.31. The van der Waals surface area contributed by atoms with Crippen LogP contribution in [0.2, 0.25) is 0 Å². The standard InChI is InChI=1S/C7H9N2S/c1-2-6(8-3-1)7-9-4-5-10-7/h4,6,8H,1-3H2. The van der Waals surface area contributed by atoms with Crippen LogP contribution in [0.15, 0.2) is 6.20 Å². The monoisotopic (exact) mass is 153 g/mol. The minimum atomic E-state index is 0.524. The molecule has 0 aliphatic carbocycles. The van der Waals surface area contributed by atoms with Crippen LogP contribution in [0.25, 0.3) is 0 Å². The van der Waals surface area contributed by atoms with Crippen LogP contribution in [0.5, 0.6) is 0 Å². The summed E-state index contributed by atoms with van der Waals surface area (Å²) in [7, 11) is 0. The van der Waals surface area contributed by atoms with Gasteiger partial charge in [0.1, 0.15) is 5.01 Å². The lowest BCUT2D eigenvalue weighted by molar-refractivity contribution is 0.643. The fraction of sp³-hybridized carbons (Fsp3) is 0.571. The number of nitrogens with one attached hydrogen (secondary N) is 1. The van der Waals surface area contributed by atoms with Gasteiger partial charge in [0.15, 0.2) is 0 Å². The maximum atomic E-state index is 4.20. The second-order valence-corrected chi connectivity index (χ2v) is 3.32. The third-order valence-electron chi connectivity index (χ3n) is 1.77. The normalized spacial score (nSPS) is 25.4. The average molecular weight is 153 g/mol. The van der Waals surface area contributed by atoms with Crippen molar-refractivity contribution in [3.05, 3.63) is 16.6 Å². The van der Waals surface area contributed by atoms with E-state index in [4.69, 9.17) is 0 Å². The second-order valence-electron chi connectivity index (χ2n) is 2.47. The van der Waals surface area contributed by atoms with Crippen LogP contribution in [0, 0.1) is 5.38 Å². The Morgan fingerprint density at radius 3 is 3.40 bits per heavy atom. The number of aromatic nitrogens is 1. The van der Waals surface area contributed by atoms with Crippen LogP contribution in [-0.2, 0) is 0 Å². The summed E-state index contributed by atoms with van der Waals surface area (Å²) in [4.78, 5) is 4.20. The van der Waals surface area contributed by atoms with Crippen molar-refractivity contribution in [2.45, 2.75) is 18.9 Å². The summed E-state index contributed by atoms with van der Waals surface area (Å²) < 4.78 is 0. The van der Waals surface area contributed by atoms with Gasteiger partial charge >= 0.3 is 0 Å². The lowest BCUT2D eigenvalue weighted by Crippen LogP contribution is -2.12. The summed E-state index contributed by atoms with van der Waals surface area (Å²) >= 11 is 1.62. The van der Waals surface area contributed by atoms with Crippen LogP contribution in [0.1, 0.15) is 23.9 Å². The van der Waals surface area contributed by atoms with Crippen LogP contribution in [0.3, 0.4) is 0 Å². The molecule has 2 nitrogen and oxygen atoms in total. The molecule has 1 unspecified atom stereocenters. The molecule has 1 aliphatic rings. The lowest BCUT2D eigenvalue weighted by atomic mass is 10.2. The quantitative estimate of drug-likeness (QED) is 0.659. The Balaban J connectivity index is 2.12.